The molecule has 3 aromatic heterocycles. The number of nitrogens with zero attached hydrogens (tertiary/aromatic N) is 7. The lowest BCUT2D eigenvalue weighted by Gasteiger charge is -2.35. The van der Waals surface area contributed by atoms with Crippen LogP contribution in [0.5, 0.6) is 0 Å². The molecule has 0 aliphatic carbocycles. The monoisotopic (exact) mass is 351 g/mol. The van der Waals surface area contributed by atoms with E-state index in [2.05, 4.69) is 19.9 Å². The number of imidazole rings is 1. The van der Waals surface area contributed by atoms with Crippen LogP contribution in [-0.4, -0.2) is 61.1 Å². The molecule has 4 rings (SSSR count). The Hall–Kier alpha value is -3.16. The fourth-order valence-electron chi connectivity index (χ4n) is 3.14. The lowest BCUT2D eigenvalue weighted by Crippen LogP contribution is -2.49. The van der Waals surface area contributed by atoms with E-state index in [1.54, 1.807) is 12.5 Å². The largest absolute Gasteiger partial charge is 0.353 e. The number of piperazine rings is 1. The van der Waals surface area contributed by atoms with Gasteiger partial charge in [-0.25, -0.2) is 15.0 Å². The highest BCUT2D eigenvalue weighted by Gasteiger charge is 2.22. The molecule has 1 aliphatic rings. The van der Waals surface area contributed by atoms with Crippen molar-refractivity contribution in [2.45, 2.75) is 13.5 Å². The highest BCUT2D eigenvalue weighted by molar-refractivity contribution is 5.76. The summed E-state index contributed by atoms with van der Waals surface area (Å²) in [6, 6.07) is 5.83. The van der Waals surface area contributed by atoms with E-state index < -0.39 is 0 Å². The summed E-state index contributed by atoms with van der Waals surface area (Å²) in [5.74, 6) is 2.56. The van der Waals surface area contributed by atoms with E-state index in [0.29, 0.717) is 19.6 Å². The molecular weight excluding hydrogens is 330 g/mol. The topological polar surface area (TPSA) is 72.1 Å². The van der Waals surface area contributed by atoms with E-state index >= 15 is 0 Å². The van der Waals surface area contributed by atoms with E-state index in [9.17, 15) is 4.79 Å². The van der Waals surface area contributed by atoms with Gasteiger partial charge in [0.1, 0.15) is 30.3 Å². The summed E-state index contributed by atoms with van der Waals surface area (Å²) in [4.78, 5) is 29.7. The number of amides is 1. The first kappa shape index (κ1) is 16.3. The SMILES string of the molecule is Cc1nc(N2CCN(C(=O)Cn3cccc3)CC2)cc(-n2ccnc2)n1. The highest BCUT2D eigenvalue weighted by Crippen LogP contribution is 2.17. The van der Waals surface area contributed by atoms with Gasteiger partial charge in [0.25, 0.3) is 0 Å². The van der Waals surface area contributed by atoms with Crippen LogP contribution in [0.3, 0.4) is 0 Å². The van der Waals surface area contributed by atoms with Gasteiger partial charge in [-0.05, 0) is 19.1 Å². The van der Waals surface area contributed by atoms with Crippen molar-refractivity contribution < 1.29 is 4.79 Å². The van der Waals surface area contributed by atoms with Gasteiger partial charge in [-0.15, -0.1) is 0 Å². The fraction of sp³-hybridized carbons (Fsp3) is 0.333. The van der Waals surface area contributed by atoms with E-state index in [4.69, 9.17) is 0 Å². The summed E-state index contributed by atoms with van der Waals surface area (Å²) in [5, 5.41) is 0. The number of hydrogen-bond donors (Lipinski definition) is 0. The van der Waals surface area contributed by atoms with Gasteiger partial charge in [-0.1, -0.05) is 0 Å². The molecule has 0 aromatic carbocycles. The van der Waals surface area contributed by atoms with Gasteiger partial charge in [-0.3, -0.25) is 9.36 Å². The smallest absolute Gasteiger partial charge is 0.242 e. The second-order valence-corrected chi connectivity index (χ2v) is 6.32. The average molecular weight is 351 g/mol. The van der Waals surface area contributed by atoms with Crippen LogP contribution in [0.1, 0.15) is 5.82 Å². The van der Waals surface area contributed by atoms with Crippen LogP contribution in [0.25, 0.3) is 5.82 Å². The molecule has 0 N–H and O–H groups in total. The number of aromatic nitrogens is 5. The van der Waals surface area contributed by atoms with Crippen LogP contribution in [-0.2, 0) is 11.3 Å². The van der Waals surface area contributed by atoms with Gasteiger partial charge in [0.15, 0.2) is 0 Å². The molecule has 4 heterocycles. The van der Waals surface area contributed by atoms with Crippen molar-refractivity contribution in [2.24, 2.45) is 0 Å². The standard InChI is InChI=1S/C18H21N7O/c1-15-20-16(12-17(21-15)25-7-4-19-14-25)23-8-10-24(11-9-23)18(26)13-22-5-2-3-6-22/h2-7,12,14H,8-11,13H2,1H3. The molecule has 0 bridgehead atoms. The van der Waals surface area contributed by atoms with Crippen LogP contribution < -0.4 is 4.90 Å². The number of carbonyl (C=O) groups is 1. The number of aryl methyl sites for hydroxylation is 1. The normalized spacial score (nSPS) is 14.7. The Kier molecular flexibility index (Phi) is 4.39. The Morgan fingerprint density at radius 3 is 2.46 bits per heavy atom. The number of hydrogen-bond acceptors (Lipinski definition) is 5. The fourth-order valence-corrected chi connectivity index (χ4v) is 3.14. The molecule has 8 heteroatoms. The molecule has 0 atom stereocenters. The third-order valence-corrected chi connectivity index (χ3v) is 4.52. The third-order valence-electron chi connectivity index (χ3n) is 4.52. The van der Waals surface area contributed by atoms with E-state index in [-0.39, 0.29) is 5.91 Å². The second kappa shape index (κ2) is 6.99. The summed E-state index contributed by atoms with van der Waals surface area (Å²) in [5.41, 5.74) is 0. The summed E-state index contributed by atoms with van der Waals surface area (Å²) < 4.78 is 3.77. The molecule has 134 valence electrons. The first-order valence-corrected chi connectivity index (χ1v) is 8.66. The van der Waals surface area contributed by atoms with Gasteiger partial charge in [0.2, 0.25) is 5.91 Å². The van der Waals surface area contributed by atoms with Crippen molar-refractivity contribution in [1.29, 1.82) is 0 Å². The quantitative estimate of drug-likeness (QED) is 0.704. The predicted octanol–water partition coefficient (Wildman–Crippen LogP) is 1.12. The number of anilines is 1. The summed E-state index contributed by atoms with van der Waals surface area (Å²) in [6.45, 7) is 5.20. The van der Waals surface area contributed by atoms with Crippen LogP contribution in [0.2, 0.25) is 0 Å². The zero-order valence-electron chi connectivity index (χ0n) is 14.7. The summed E-state index contributed by atoms with van der Waals surface area (Å²) >= 11 is 0. The molecule has 1 saturated heterocycles. The highest BCUT2D eigenvalue weighted by atomic mass is 16.2. The van der Waals surface area contributed by atoms with Gasteiger partial charge >= 0.3 is 0 Å². The molecule has 0 radical (unpaired) electrons. The maximum absolute atomic E-state index is 12.4. The van der Waals surface area contributed by atoms with E-state index in [1.807, 2.05) is 57.7 Å². The molecule has 3 aromatic rings. The van der Waals surface area contributed by atoms with Crippen molar-refractivity contribution in [2.75, 3.05) is 31.1 Å². The molecule has 8 nitrogen and oxygen atoms in total. The predicted molar refractivity (Wildman–Crippen MR) is 97.1 cm³/mol. The van der Waals surface area contributed by atoms with Crippen LogP contribution in [0, 0.1) is 6.92 Å². The minimum absolute atomic E-state index is 0.152. The number of carbonyl (C=O) groups excluding carboxylic acids is 1. The van der Waals surface area contributed by atoms with Gasteiger partial charge in [-0.2, -0.15) is 0 Å². The molecule has 26 heavy (non-hydrogen) atoms. The molecule has 1 aliphatic heterocycles. The molecule has 0 spiro atoms. The molecule has 0 saturated carbocycles. The molecule has 1 amide bonds. The average Bonchev–Trinajstić information content (AvgIpc) is 3.35. The zero-order chi connectivity index (χ0) is 17.9. The molecule has 1 fully saturated rings. The second-order valence-electron chi connectivity index (χ2n) is 6.32. The minimum Gasteiger partial charge on any atom is -0.353 e. The Balaban J connectivity index is 1.42. The Bertz CT molecular complexity index is 865. The van der Waals surface area contributed by atoms with Crippen molar-refractivity contribution in [3.8, 4) is 5.82 Å². The molecular formula is C18H21N7O. The number of rotatable bonds is 4. The van der Waals surface area contributed by atoms with Crippen LogP contribution in [0.15, 0.2) is 49.3 Å². The minimum atomic E-state index is 0.152. The maximum atomic E-state index is 12.4. The first-order chi connectivity index (χ1) is 12.7. The van der Waals surface area contributed by atoms with Crippen molar-refractivity contribution in [3.63, 3.8) is 0 Å². The van der Waals surface area contributed by atoms with E-state index in [1.165, 1.54) is 0 Å². The van der Waals surface area contributed by atoms with Gasteiger partial charge in [0.05, 0.1) is 0 Å². The van der Waals surface area contributed by atoms with Gasteiger partial charge < -0.3 is 14.4 Å². The maximum Gasteiger partial charge on any atom is 0.242 e. The van der Waals surface area contributed by atoms with Crippen molar-refractivity contribution in [3.05, 3.63) is 55.1 Å². The third kappa shape index (κ3) is 3.44. The first-order valence-electron chi connectivity index (χ1n) is 8.66. The Labute approximate surface area is 151 Å². The van der Waals surface area contributed by atoms with E-state index in [0.717, 1.165) is 30.5 Å². The van der Waals surface area contributed by atoms with Crippen molar-refractivity contribution >= 4 is 11.7 Å². The van der Waals surface area contributed by atoms with Crippen molar-refractivity contribution in [1.82, 2.24) is 29.0 Å². The lowest BCUT2D eigenvalue weighted by atomic mass is 10.3. The Morgan fingerprint density at radius 2 is 1.77 bits per heavy atom. The van der Waals surface area contributed by atoms with Gasteiger partial charge in [0, 0.05) is 57.0 Å². The lowest BCUT2D eigenvalue weighted by molar-refractivity contribution is -0.132. The van der Waals surface area contributed by atoms with Crippen LogP contribution in [0.4, 0.5) is 5.82 Å². The summed E-state index contributed by atoms with van der Waals surface area (Å²) in [7, 11) is 0. The van der Waals surface area contributed by atoms with Crippen LogP contribution >= 0.6 is 0 Å². The zero-order valence-corrected chi connectivity index (χ0v) is 14.7. The molecule has 0 unspecified atom stereocenters. The Morgan fingerprint density at radius 1 is 1.04 bits per heavy atom. The summed E-state index contributed by atoms with van der Waals surface area (Å²) in [6.07, 6.45) is 9.14.